The van der Waals surface area contributed by atoms with E-state index in [-0.39, 0.29) is 35.5 Å². The molecule has 4 heterocycles. The Morgan fingerprint density at radius 3 is 1.64 bits per heavy atom. The van der Waals surface area contributed by atoms with Gasteiger partial charge in [-0.05, 0) is 26.7 Å². The van der Waals surface area contributed by atoms with E-state index in [1.54, 1.807) is 42.0 Å². The molecule has 2 saturated heterocycles. The molecule has 53 heavy (non-hydrogen) atoms. The maximum atomic E-state index is 14.6. The molecule has 0 aromatic heterocycles. The lowest BCUT2D eigenvalue weighted by Gasteiger charge is -2.35. The van der Waals surface area contributed by atoms with Crippen LogP contribution in [0.5, 0.6) is 0 Å². The SMILES string of the molecule is C[C@@H](O)[C@@H](C(=O)O)[C@@H]1NC(C(=O)O)=C(S[C@H]2C[C@@H](C(=O)N(C)C)N(C(=O)[C@@H]([C@@H]3NC(C(=O)O)=C(S[C@@H]4CN[C@H](C(=O)N(C)C)C4)[C@@H]3C)[C@@H](C)O)C2)[C@@H]1C. The van der Waals surface area contributed by atoms with E-state index in [1.165, 1.54) is 40.3 Å². The van der Waals surface area contributed by atoms with E-state index in [2.05, 4.69) is 16.0 Å². The Kier molecular flexibility index (Phi) is 13.4. The van der Waals surface area contributed by atoms with Crippen molar-refractivity contribution < 1.29 is 54.3 Å². The lowest BCUT2D eigenvalue weighted by Crippen LogP contribution is -2.54. The normalized spacial score (nSPS) is 30.7. The van der Waals surface area contributed by atoms with E-state index >= 15 is 0 Å². The first-order chi connectivity index (χ1) is 24.7. The minimum absolute atomic E-state index is 0.0134. The average molecular weight is 785 g/mol. The Hall–Kier alpha value is -3.52. The predicted octanol–water partition coefficient (Wildman–Crippen LogP) is -0.784. The zero-order chi connectivity index (χ0) is 39.8. The maximum Gasteiger partial charge on any atom is 0.352 e. The fourth-order valence-electron chi connectivity index (χ4n) is 7.80. The molecule has 0 unspecified atom stereocenters. The van der Waals surface area contributed by atoms with Gasteiger partial charge in [-0.2, -0.15) is 0 Å². The van der Waals surface area contributed by atoms with Crippen LogP contribution in [0.15, 0.2) is 21.2 Å². The van der Waals surface area contributed by atoms with Gasteiger partial charge in [0.05, 0.1) is 24.2 Å². The summed E-state index contributed by atoms with van der Waals surface area (Å²) < 4.78 is 0. The second kappa shape index (κ2) is 16.9. The van der Waals surface area contributed by atoms with Crippen LogP contribution in [0.2, 0.25) is 0 Å². The van der Waals surface area contributed by atoms with Crippen LogP contribution in [0.25, 0.3) is 0 Å². The van der Waals surface area contributed by atoms with E-state index in [0.717, 1.165) is 11.8 Å². The number of carboxylic acids is 3. The number of aliphatic hydroxyl groups is 2. The fourth-order valence-corrected chi connectivity index (χ4v) is 10.7. The molecule has 0 aromatic rings. The summed E-state index contributed by atoms with van der Waals surface area (Å²) in [4.78, 5) is 82.6. The van der Waals surface area contributed by atoms with E-state index < -0.39 is 95.0 Å². The Labute approximate surface area is 316 Å². The Balaban J connectivity index is 1.59. The van der Waals surface area contributed by atoms with Gasteiger partial charge in [-0.15, -0.1) is 23.5 Å². The number of carbonyl (C=O) groups excluding carboxylic acids is 3. The molecule has 296 valence electrons. The number of likely N-dealkylation sites (tertiary alicyclic amines) is 1. The highest BCUT2D eigenvalue weighted by molar-refractivity contribution is 8.04. The van der Waals surface area contributed by atoms with Gasteiger partial charge in [0.25, 0.3) is 0 Å². The van der Waals surface area contributed by atoms with E-state index in [9.17, 15) is 54.3 Å². The second-order valence-electron chi connectivity index (χ2n) is 14.8. The van der Waals surface area contributed by atoms with Gasteiger partial charge in [0.1, 0.15) is 23.4 Å². The van der Waals surface area contributed by atoms with Crippen molar-refractivity contribution in [2.24, 2.45) is 23.7 Å². The summed E-state index contributed by atoms with van der Waals surface area (Å²) in [6, 6.07) is -3.19. The molecule has 0 spiro atoms. The number of carbonyl (C=O) groups is 6. The first-order valence-corrected chi connectivity index (χ1v) is 19.3. The first kappa shape index (κ1) is 42.2. The summed E-state index contributed by atoms with van der Waals surface area (Å²) in [7, 11) is 6.41. The van der Waals surface area contributed by atoms with Crippen molar-refractivity contribution in [2.45, 2.75) is 87.4 Å². The van der Waals surface area contributed by atoms with E-state index in [4.69, 9.17) is 0 Å². The molecule has 0 bridgehead atoms. The molecular weight excluding hydrogens is 733 g/mol. The van der Waals surface area contributed by atoms with Crippen LogP contribution < -0.4 is 16.0 Å². The monoisotopic (exact) mass is 784 g/mol. The van der Waals surface area contributed by atoms with E-state index in [0.29, 0.717) is 22.8 Å². The topological polar surface area (TPSA) is 249 Å². The second-order valence-corrected chi connectivity index (χ2v) is 17.4. The van der Waals surface area contributed by atoms with Crippen molar-refractivity contribution in [1.82, 2.24) is 30.7 Å². The highest BCUT2D eigenvalue weighted by Gasteiger charge is 2.51. The van der Waals surface area contributed by atoms with Gasteiger partial charge < -0.3 is 56.2 Å². The number of rotatable bonds is 14. The molecular formula is C34H52N6O11S2. The molecule has 3 amide bonds. The van der Waals surface area contributed by atoms with Crippen molar-refractivity contribution in [1.29, 1.82) is 0 Å². The number of likely N-dealkylation sites (N-methyl/N-ethyl adjacent to an activating group) is 2. The zero-order valence-electron chi connectivity index (χ0n) is 31.1. The molecule has 17 nitrogen and oxygen atoms in total. The number of aliphatic carboxylic acids is 3. The summed E-state index contributed by atoms with van der Waals surface area (Å²) in [5.41, 5.74) is -0.302. The first-order valence-electron chi connectivity index (χ1n) is 17.5. The van der Waals surface area contributed by atoms with Crippen LogP contribution in [0.3, 0.4) is 0 Å². The minimum Gasteiger partial charge on any atom is -0.481 e. The van der Waals surface area contributed by atoms with Gasteiger partial charge in [0, 0.05) is 85.5 Å². The number of carboxylic acid groups (broad SMARTS) is 3. The van der Waals surface area contributed by atoms with Gasteiger partial charge in [-0.3, -0.25) is 19.2 Å². The minimum atomic E-state index is -1.32. The van der Waals surface area contributed by atoms with Crippen molar-refractivity contribution in [3.8, 4) is 0 Å². The highest BCUT2D eigenvalue weighted by Crippen LogP contribution is 2.45. The molecule has 4 aliphatic heterocycles. The Morgan fingerprint density at radius 2 is 1.21 bits per heavy atom. The molecule has 0 saturated carbocycles. The molecule has 0 aliphatic carbocycles. The number of aliphatic hydroxyl groups excluding tert-OH is 2. The zero-order valence-corrected chi connectivity index (χ0v) is 32.7. The third-order valence-electron chi connectivity index (χ3n) is 10.5. The Bertz CT molecular complexity index is 1550. The maximum absolute atomic E-state index is 14.6. The van der Waals surface area contributed by atoms with Crippen LogP contribution in [0.4, 0.5) is 0 Å². The third kappa shape index (κ3) is 8.74. The summed E-state index contributed by atoms with van der Waals surface area (Å²) in [5.74, 6) is -8.58. The number of nitrogens with one attached hydrogen (secondary N) is 3. The average Bonchev–Trinajstić information content (AvgIpc) is 3.84. The molecule has 4 aliphatic rings. The fraction of sp³-hybridized carbons (Fsp3) is 0.706. The number of hydrogen-bond donors (Lipinski definition) is 8. The molecule has 19 heteroatoms. The van der Waals surface area contributed by atoms with Crippen molar-refractivity contribution in [3.63, 3.8) is 0 Å². The standard InChI is InChI=1S/C34H52N6O11S2/c1-13-23(36-25(33(48)49)27(13)52-17-9-19(35-11-17)29(43)38(5)6)21(15(3)41)31(45)40-12-18(10-20(40)30(44)39(7)8)53-28-14(2)24(37-26(28)34(50)51)22(16(4)42)32(46)47/h13-24,35-37,41-42H,9-12H2,1-8H3,(H,46,47)(H,48,49)(H,50,51)/t13-,14-,15-,16-,17+,18+,19+,20+,21-,22-,23-,24-/m1/s1. The van der Waals surface area contributed by atoms with Crippen LogP contribution in [-0.2, 0) is 28.8 Å². The van der Waals surface area contributed by atoms with Gasteiger partial charge in [0.15, 0.2) is 0 Å². The van der Waals surface area contributed by atoms with Gasteiger partial charge in [0.2, 0.25) is 17.7 Å². The molecule has 4 rings (SSSR count). The number of nitrogens with zero attached hydrogens (tertiary/aromatic N) is 3. The summed E-state index contributed by atoms with van der Waals surface area (Å²) in [5, 5.41) is 59.8. The van der Waals surface area contributed by atoms with Crippen LogP contribution in [-0.4, -0.2) is 164 Å². The van der Waals surface area contributed by atoms with E-state index in [1.807, 2.05) is 0 Å². The molecule has 2 fully saturated rings. The Morgan fingerprint density at radius 1 is 0.736 bits per heavy atom. The van der Waals surface area contributed by atoms with Crippen molar-refractivity contribution in [3.05, 3.63) is 21.2 Å². The largest absolute Gasteiger partial charge is 0.481 e. The van der Waals surface area contributed by atoms with Crippen LogP contribution >= 0.6 is 23.5 Å². The van der Waals surface area contributed by atoms with Crippen LogP contribution in [0, 0.1) is 23.7 Å². The van der Waals surface area contributed by atoms with Crippen molar-refractivity contribution in [2.75, 3.05) is 41.3 Å². The number of hydrogen-bond acceptors (Lipinski definition) is 13. The summed E-state index contributed by atoms with van der Waals surface area (Å²) >= 11 is 2.46. The quantitative estimate of drug-likeness (QED) is 0.108. The number of amides is 3. The van der Waals surface area contributed by atoms with Gasteiger partial charge in [-0.1, -0.05) is 13.8 Å². The lowest BCUT2D eigenvalue weighted by molar-refractivity contribution is -0.148. The number of thioether (sulfide) groups is 2. The molecule has 0 radical (unpaired) electrons. The van der Waals surface area contributed by atoms with Crippen LogP contribution in [0.1, 0.15) is 40.5 Å². The van der Waals surface area contributed by atoms with Crippen molar-refractivity contribution >= 4 is 59.2 Å². The summed E-state index contributed by atoms with van der Waals surface area (Å²) in [6.45, 7) is 6.64. The smallest absolute Gasteiger partial charge is 0.352 e. The third-order valence-corrected chi connectivity index (χ3v) is 13.5. The summed E-state index contributed by atoms with van der Waals surface area (Å²) in [6.07, 6.45) is -1.96. The van der Waals surface area contributed by atoms with Gasteiger partial charge in [-0.25, -0.2) is 9.59 Å². The van der Waals surface area contributed by atoms with Gasteiger partial charge >= 0.3 is 17.9 Å². The molecule has 12 atom stereocenters. The molecule has 0 aromatic carbocycles. The predicted molar refractivity (Wildman–Crippen MR) is 196 cm³/mol. The highest BCUT2D eigenvalue weighted by atomic mass is 32.2. The molecule has 8 N–H and O–H groups in total. The lowest BCUT2D eigenvalue weighted by atomic mass is 9.86.